The smallest absolute Gasteiger partial charge is 0.308 e. The highest BCUT2D eigenvalue weighted by atomic mass is 16.5. The number of fused-ring (bicyclic) bond motifs is 1. The van der Waals surface area contributed by atoms with Crippen molar-refractivity contribution in [2.75, 3.05) is 0 Å². The van der Waals surface area contributed by atoms with Crippen molar-refractivity contribution in [1.29, 1.82) is 0 Å². The van der Waals surface area contributed by atoms with Crippen LogP contribution < -0.4 is 9.47 Å². The highest BCUT2D eigenvalue weighted by molar-refractivity contribution is 6.14. The second-order valence-electron chi connectivity index (χ2n) is 4.21. The molecule has 0 N–H and O–H groups in total. The van der Waals surface area contributed by atoms with Crippen LogP contribution >= 0.6 is 0 Å². The quantitative estimate of drug-likeness (QED) is 0.477. The van der Waals surface area contributed by atoms with Crippen molar-refractivity contribution in [3.05, 3.63) is 53.7 Å². The third-order valence-electron chi connectivity index (χ3n) is 2.72. The maximum Gasteiger partial charge on any atom is 0.308 e. The van der Waals surface area contributed by atoms with Crippen LogP contribution in [0.15, 0.2) is 46.8 Å². The highest BCUT2D eigenvalue weighted by Gasteiger charge is 2.28. The van der Waals surface area contributed by atoms with Crippen molar-refractivity contribution in [2.45, 2.75) is 6.92 Å². The van der Waals surface area contributed by atoms with Crippen LogP contribution in [-0.4, -0.2) is 11.8 Å². The van der Waals surface area contributed by atoms with E-state index in [1.54, 1.807) is 24.3 Å². The molecule has 2 aromatic rings. The van der Waals surface area contributed by atoms with Gasteiger partial charge >= 0.3 is 5.97 Å². The zero-order chi connectivity index (χ0) is 14.1. The number of carbonyl (C=O) groups is 2. The molecule has 1 aliphatic rings. The lowest BCUT2D eigenvalue weighted by atomic mass is 10.1. The molecule has 5 heteroatoms. The number of rotatable bonds is 2. The summed E-state index contributed by atoms with van der Waals surface area (Å²) in [5, 5.41) is 0. The Morgan fingerprint density at radius 3 is 2.85 bits per heavy atom. The number of esters is 1. The van der Waals surface area contributed by atoms with Crippen LogP contribution in [0.4, 0.5) is 0 Å². The Morgan fingerprint density at radius 2 is 2.15 bits per heavy atom. The van der Waals surface area contributed by atoms with Gasteiger partial charge in [0.15, 0.2) is 5.76 Å². The van der Waals surface area contributed by atoms with Gasteiger partial charge < -0.3 is 13.9 Å². The summed E-state index contributed by atoms with van der Waals surface area (Å²) in [7, 11) is 0. The van der Waals surface area contributed by atoms with Gasteiger partial charge in [0.1, 0.15) is 17.3 Å². The summed E-state index contributed by atoms with van der Waals surface area (Å²) in [6, 6.07) is 8.07. The number of hydrogen-bond acceptors (Lipinski definition) is 5. The van der Waals surface area contributed by atoms with E-state index >= 15 is 0 Å². The molecular formula is C15H10O5. The summed E-state index contributed by atoms with van der Waals surface area (Å²) in [6.07, 6.45) is 3.03. The van der Waals surface area contributed by atoms with Crippen molar-refractivity contribution >= 4 is 17.8 Å². The zero-order valence-electron chi connectivity index (χ0n) is 10.6. The van der Waals surface area contributed by atoms with E-state index in [9.17, 15) is 9.59 Å². The molecule has 0 radical (unpaired) electrons. The Balaban J connectivity index is 1.92. The standard InChI is InChI=1S/C15H10O5/c1-9(16)19-11-4-5-12-13(8-11)20-14(15(12)17)7-10-3-2-6-18-10/h2-8H,1H3. The minimum Gasteiger partial charge on any atom is -0.465 e. The Labute approximate surface area is 114 Å². The molecule has 1 aromatic heterocycles. The van der Waals surface area contributed by atoms with Crippen LogP contribution in [0.2, 0.25) is 0 Å². The number of hydrogen-bond donors (Lipinski definition) is 0. The number of allylic oxidation sites excluding steroid dienone is 1. The molecule has 100 valence electrons. The molecule has 3 rings (SSSR count). The summed E-state index contributed by atoms with van der Waals surface area (Å²) in [6.45, 7) is 1.31. The van der Waals surface area contributed by atoms with Gasteiger partial charge in [0.25, 0.3) is 0 Å². The third-order valence-corrected chi connectivity index (χ3v) is 2.72. The minimum atomic E-state index is -0.430. The van der Waals surface area contributed by atoms with Crippen LogP contribution in [0.25, 0.3) is 6.08 Å². The molecule has 0 unspecified atom stereocenters. The number of benzene rings is 1. The van der Waals surface area contributed by atoms with E-state index in [0.29, 0.717) is 22.8 Å². The van der Waals surface area contributed by atoms with Crippen molar-refractivity contribution in [1.82, 2.24) is 0 Å². The molecule has 0 saturated heterocycles. The third kappa shape index (κ3) is 2.21. The fourth-order valence-corrected chi connectivity index (χ4v) is 1.90. The van der Waals surface area contributed by atoms with E-state index in [2.05, 4.69) is 0 Å². The molecule has 1 aliphatic heterocycles. The van der Waals surface area contributed by atoms with Crippen molar-refractivity contribution in [2.24, 2.45) is 0 Å². The van der Waals surface area contributed by atoms with E-state index in [4.69, 9.17) is 13.9 Å². The van der Waals surface area contributed by atoms with Crippen LogP contribution in [0.3, 0.4) is 0 Å². The fourth-order valence-electron chi connectivity index (χ4n) is 1.90. The molecule has 20 heavy (non-hydrogen) atoms. The molecule has 5 nitrogen and oxygen atoms in total. The Hall–Kier alpha value is -2.82. The Bertz CT molecular complexity index is 710. The maximum absolute atomic E-state index is 12.1. The van der Waals surface area contributed by atoms with Gasteiger partial charge in [-0.25, -0.2) is 0 Å². The average molecular weight is 270 g/mol. The second kappa shape index (κ2) is 4.70. The van der Waals surface area contributed by atoms with E-state index < -0.39 is 5.97 Å². The highest BCUT2D eigenvalue weighted by Crippen LogP contribution is 2.34. The molecule has 0 fully saturated rings. The SMILES string of the molecule is CC(=O)Oc1ccc2c(c1)OC(=Cc1ccco1)C2=O. The molecule has 0 bridgehead atoms. The summed E-state index contributed by atoms with van der Waals surface area (Å²) in [4.78, 5) is 23.0. The number of carbonyl (C=O) groups excluding carboxylic acids is 2. The number of ketones is 1. The van der Waals surface area contributed by atoms with Gasteiger partial charge in [0.2, 0.25) is 5.78 Å². The van der Waals surface area contributed by atoms with Gasteiger partial charge in [0.05, 0.1) is 11.8 Å². The first kappa shape index (κ1) is 12.2. The number of ether oxygens (including phenoxy) is 2. The lowest BCUT2D eigenvalue weighted by Gasteiger charge is -2.02. The lowest BCUT2D eigenvalue weighted by Crippen LogP contribution is -2.01. The molecule has 0 amide bonds. The first-order valence-corrected chi connectivity index (χ1v) is 5.94. The first-order chi connectivity index (χ1) is 9.63. The van der Waals surface area contributed by atoms with Gasteiger partial charge in [-0.2, -0.15) is 0 Å². The van der Waals surface area contributed by atoms with E-state index in [-0.39, 0.29) is 11.5 Å². The first-order valence-electron chi connectivity index (χ1n) is 5.94. The molecular weight excluding hydrogens is 260 g/mol. The molecule has 2 heterocycles. The molecule has 0 aliphatic carbocycles. The Kier molecular flexibility index (Phi) is 2.87. The number of furan rings is 1. The topological polar surface area (TPSA) is 65.7 Å². The van der Waals surface area contributed by atoms with Gasteiger partial charge in [-0.05, 0) is 24.3 Å². The summed E-state index contributed by atoms with van der Waals surface area (Å²) in [5.41, 5.74) is 0.429. The van der Waals surface area contributed by atoms with Crippen molar-refractivity contribution in [3.63, 3.8) is 0 Å². The van der Waals surface area contributed by atoms with Gasteiger partial charge in [0, 0.05) is 19.1 Å². The van der Waals surface area contributed by atoms with Crippen LogP contribution in [0, 0.1) is 0 Å². The van der Waals surface area contributed by atoms with E-state index in [1.165, 1.54) is 25.3 Å². The summed E-state index contributed by atoms with van der Waals surface area (Å²) < 4.78 is 15.6. The monoisotopic (exact) mass is 270 g/mol. The molecule has 0 spiro atoms. The Morgan fingerprint density at radius 1 is 1.30 bits per heavy atom. The minimum absolute atomic E-state index is 0.176. The average Bonchev–Trinajstić information content (AvgIpc) is 2.99. The largest absolute Gasteiger partial charge is 0.465 e. The van der Waals surface area contributed by atoms with Gasteiger partial charge in [-0.3, -0.25) is 9.59 Å². The van der Waals surface area contributed by atoms with Crippen molar-refractivity contribution < 1.29 is 23.5 Å². The second-order valence-corrected chi connectivity index (χ2v) is 4.21. The van der Waals surface area contributed by atoms with Crippen LogP contribution in [0.1, 0.15) is 23.0 Å². The van der Waals surface area contributed by atoms with Gasteiger partial charge in [-0.15, -0.1) is 0 Å². The molecule has 0 atom stereocenters. The predicted molar refractivity (Wildman–Crippen MR) is 69.4 cm³/mol. The number of Topliss-reactive ketones (excluding diaryl/α,β-unsaturated/α-hetero) is 1. The van der Waals surface area contributed by atoms with Crippen LogP contribution in [0.5, 0.6) is 11.5 Å². The zero-order valence-corrected chi connectivity index (χ0v) is 10.6. The van der Waals surface area contributed by atoms with E-state index in [1.807, 2.05) is 0 Å². The van der Waals surface area contributed by atoms with Gasteiger partial charge in [-0.1, -0.05) is 0 Å². The lowest BCUT2D eigenvalue weighted by molar-refractivity contribution is -0.131. The molecule has 1 aromatic carbocycles. The summed E-state index contributed by atoms with van der Waals surface area (Å²) >= 11 is 0. The molecule has 0 saturated carbocycles. The van der Waals surface area contributed by atoms with E-state index in [0.717, 1.165) is 0 Å². The van der Waals surface area contributed by atoms with Crippen molar-refractivity contribution in [3.8, 4) is 11.5 Å². The fraction of sp³-hybridized carbons (Fsp3) is 0.0667. The normalized spacial score (nSPS) is 15.1. The predicted octanol–water partition coefficient (Wildman–Crippen LogP) is 2.82. The maximum atomic E-state index is 12.1. The summed E-state index contributed by atoms with van der Waals surface area (Å²) in [5.74, 6) is 0.748. The van der Waals surface area contributed by atoms with Crippen LogP contribution in [-0.2, 0) is 4.79 Å².